The Balaban J connectivity index is 1.25. The highest BCUT2D eigenvalue weighted by molar-refractivity contribution is 7.21. The first kappa shape index (κ1) is 20.8. The molecule has 1 amide bonds. The minimum absolute atomic E-state index is 0.132. The van der Waals surface area contributed by atoms with E-state index in [9.17, 15) is 4.79 Å². The van der Waals surface area contributed by atoms with Gasteiger partial charge >= 0.3 is 0 Å². The SMILES string of the molecule is COc1ccc(-c2noc(CCC(=O)Nc3ccccc3-c3nc4ccccc4s3)n2)cc1. The summed E-state index contributed by atoms with van der Waals surface area (Å²) in [4.78, 5) is 21.8. The molecule has 3 aromatic carbocycles. The number of aryl methyl sites for hydroxylation is 1. The summed E-state index contributed by atoms with van der Waals surface area (Å²) in [6.07, 6.45) is 0.566. The fourth-order valence-electron chi connectivity index (χ4n) is 3.41. The van der Waals surface area contributed by atoms with Crippen molar-refractivity contribution in [2.75, 3.05) is 12.4 Å². The zero-order chi connectivity index (χ0) is 22.6. The van der Waals surface area contributed by atoms with Crippen LogP contribution in [0.15, 0.2) is 77.3 Å². The largest absolute Gasteiger partial charge is 0.497 e. The molecule has 1 N–H and O–H groups in total. The van der Waals surface area contributed by atoms with Gasteiger partial charge in [-0.3, -0.25) is 4.79 Å². The van der Waals surface area contributed by atoms with E-state index in [0.29, 0.717) is 18.1 Å². The van der Waals surface area contributed by atoms with Crippen LogP contribution in [-0.2, 0) is 11.2 Å². The Morgan fingerprint density at radius 2 is 1.79 bits per heavy atom. The van der Waals surface area contributed by atoms with Gasteiger partial charge in [0.05, 0.1) is 23.0 Å². The van der Waals surface area contributed by atoms with Gasteiger partial charge in [-0.25, -0.2) is 4.98 Å². The first-order chi connectivity index (χ1) is 16.2. The number of aromatic nitrogens is 3. The number of nitrogens with zero attached hydrogens (tertiary/aromatic N) is 3. The third-order valence-corrected chi connectivity index (χ3v) is 6.18. The quantitative estimate of drug-likeness (QED) is 0.343. The zero-order valence-electron chi connectivity index (χ0n) is 17.8. The lowest BCUT2D eigenvalue weighted by molar-refractivity contribution is -0.116. The van der Waals surface area contributed by atoms with Gasteiger partial charge < -0.3 is 14.6 Å². The molecule has 33 heavy (non-hydrogen) atoms. The van der Waals surface area contributed by atoms with Crippen LogP contribution in [0.5, 0.6) is 5.75 Å². The summed E-state index contributed by atoms with van der Waals surface area (Å²) in [5, 5.41) is 7.88. The van der Waals surface area contributed by atoms with E-state index in [1.165, 1.54) is 0 Å². The van der Waals surface area contributed by atoms with Crippen molar-refractivity contribution in [3.63, 3.8) is 0 Å². The fourth-order valence-corrected chi connectivity index (χ4v) is 4.42. The first-order valence-corrected chi connectivity index (χ1v) is 11.2. The molecule has 164 valence electrons. The molecule has 8 heteroatoms. The number of hydrogen-bond donors (Lipinski definition) is 1. The average Bonchev–Trinajstić information content (AvgIpc) is 3.50. The maximum Gasteiger partial charge on any atom is 0.227 e. The van der Waals surface area contributed by atoms with Crippen molar-refractivity contribution in [2.45, 2.75) is 12.8 Å². The van der Waals surface area contributed by atoms with Crippen LogP contribution in [0.4, 0.5) is 5.69 Å². The molecular weight excluding hydrogens is 436 g/mol. The summed E-state index contributed by atoms with van der Waals surface area (Å²) in [6.45, 7) is 0. The van der Waals surface area contributed by atoms with Crippen molar-refractivity contribution < 1.29 is 14.1 Å². The lowest BCUT2D eigenvalue weighted by Gasteiger charge is -2.08. The summed E-state index contributed by atoms with van der Waals surface area (Å²) in [5.41, 5.74) is 3.39. The second-order valence-corrected chi connectivity index (χ2v) is 8.35. The molecule has 0 bridgehead atoms. The Morgan fingerprint density at radius 1 is 1.00 bits per heavy atom. The number of amides is 1. The van der Waals surface area contributed by atoms with Gasteiger partial charge in [-0.1, -0.05) is 29.4 Å². The Kier molecular flexibility index (Phi) is 5.82. The fraction of sp³-hybridized carbons (Fsp3) is 0.120. The third kappa shape index (κ3) is 4.61. The molecule has 0 fully saturated rings. The van der Waals surface area contributed by atoms with Gasteiger partial charge in [0.15, 0.2) is 0 Å². The number of thiazole rings is 1. The van der Waals surface area contributed by atoms with Crippen molar-refractivity contribution in [3.05, 3.63) is 78.7 Å². The standard InChI is InChI=1S/C25H20N4O3S/c1-31-17-12-10-16(11-13-17)24-28-23(32-29-24)15-14-22(30)26-19-7-3-2-6-18(19)25-27-20-8-4-5-9-21(20)33-25/h2-13H,14-15H2,1H3,(H,26,30). The minimum atomic E-state index is -0.132. The number of fused-ring (bicyclic) bond motifs is 1. The first-order valence-electron chi connectivity index (χ1n) is 10.4. The van der Waals surface area contributed by atoms with Gasteiger partial charge in [-0.15, -0.1) is 11.3 Å². The molecule has 0 saturated heterocycles. The van der Waals surface area contributed by atoms with E-state index in [1.54, 1.807) is 18.4 Å². The molecule has 5 rings (SSSR count). The summed E-state index contributed by atoms with van der Waals surface area (Å²) in [6, 6.07) is 23.1. The van der Waals surface area contributed by atoms with E-state index in [0.717, 1.165) is 37.8 Å². The van der Waals surface area contributed by atoms with Crippen LogP contribution in [0.3, 0.4) is 0 Å². The molecule has 7 nitrogen and oxygen atoms in total. The Bertz CT molecular complexity index is 1380. The summed E-state index contributed by atoms with van der Waals surface area (Å²) < 4.78 is 11.6. The molecule has 5 aromatic rings. The smallest absolute Gasteiger partial charge is 0.227 e. The molecule has 0 spiro atoms. The highest BCUT2D eigenvalue weighted by Gasteiger charge is 2.14. The van der Waals surface area contributed by atoms with Crippen LogP contribution in [0.2, 0.25) is 0 Å². The van der Waals surface area contributed by atoms with Gasteiger partial charge in [-0.2, -0.15) is 4.98 Å². The van der Waals surface area contributed by atoms with Crippen LogP contribution >= 0.6 is 11.3 Å². The summed E-state index contributed by atoms with van der Waals surface area (Å²) >= 11 is 1.60. The second kappa shape index (κ2) is 9.22. The zero-order valence-corrected chi connectivity index (χ0v) is 18.6. The number of nitrogens with one attached hydrogen (secondary N) is 1. The Labute approximate surface area is 194 Å². The Morgan fingerprint density at radius 3 is 2.61 bits per heavy atom. The maximum absolute atomic E-state index is 12.7. The molecular formula is C25H20N4O3S. The topological polar surface area (TPSA) is 90.1 Å². The monoisotopic (exact) mass is 456 g/mol. The maximum atomic E-state index is 12.7. The lowest BCUT2D eigenvalue weighted by Crippen LogP contribution is -2.13. The molecule has 2 heterocycles. The van der Waals surface area contributed by atoms with Gasteiger partial charge in [0, 0.05) is 24.0 Å². The molecule has 0 atom stereocenters. The van der Waals surface area contributed by atoms with Crippen LogP contribution in [0.25, 0.3) is 32.2 Å². The summed E-state index contributed by atoms with van der Waals surface area (Å²) in [5.74, 6) is 1.52. The number of ether oxygens (including phenoxy) is 1. The normalized spacial score (nSPS) is 10.9. The minimum Gasteiger partial charge on any atom is -0.497 e. The van der Waals surface area contributed by atoms with E-state index < -0.39 is 0 Å². The average molecular weight is 457 g/mol. The van der Waals surface area contributed by atoms with E-state index >= 15 is 0 Å². The lowest BCUT2D eigenvalue weighted by atomic mass is 10.1. The number of para-hydroxylation sites is 2. The highest BCUT2D eigenvalue weighted by atomic mass is 32.1. The number of benzene rings is 3. The molecule has 0 unspecified atom stereocenters. The number of hydrogen-bond acceptors (Lipinski definition) is 7. The molecule has 0 aliphatic rings. The van der Waals surface area contributed by atoms with Gasteiger partial charge in [0.25, 0.3) is 0 Å². The van der Waals surface area contributed by atoms with E-state index in [1.807, 2.05) is 72.8 Å². The van der Waals surface area contributed by atoms with Crippen LogP contribution in [0, 0.1) is 0 Å². The van der Waals surface area contributed by atoms with E-state index in [4.69, 9.17) is 14.2 Å². The third-order valence-electron chi connectivity index (χ3n) is 5.11. The van der Waals surface area contributed by atoms with Gasteiger partial charge in [-0.05, 0) is 48.5 Å². The van der Waals surface area contributed by atoms with Crippen LogP contribution in [-0.4, -0.2) is 28.1 Å². The van der Waals surface area contributed by atoms with Gasteiger partial charge in [0.1, 0.15) is 10.8 Å². The number of carbonyl (C=O) groups is 1. The van der Waals surface area contributed by atoms with Crippen molar-refractivity contribution in [2.24, 2.45) is 0 Å². The molecule has 0 aliphatic carbocycles. The number of anilines is 1. The molecule has 0 radical (unpaired) electrons. The number of rotatable bonds is 7. The van der Waals surface area contributed by atoms with Crippen molar-refractivity contribution in [1.29, 1.82) is 0 Å². The van der Waals surface area contributed by atoms with E-state index in [-0.39, 0.29) is 12.3 Å². The second-order valence-electron chi connectivity index (χ2n) is 7.32. The highest BCUT2D eigenvalue weighted by Crippen LogP contribution is 2.34. The van der Waals surface area contributed by atoms with Crippen LogP contribution in [0.1, 0.15) is 12.3 Å². The molecule has 0 aliphatic heterocycles. The summed E-state index contributed by atoms with van der Waals surface area (Å²) in [7, 11) is 1.62. The molecule has 2 aromatic heterocycles. The van der Waals surface area contributed by atoms with Crippen LogP contribution < -0.4 is 10.1 Å². The number of methoxy groups -OCH3 is 1. The predicted molar refractivity (Wildman–Crippen MR) is 128 cm³/mol. The number of carbonyl (C=O) groups excluding carboxylic acids is 1. The molecule has 0 saturated carbocycles. The van der Waals surface area contributed by atoms with Gasteiger partial charge in [0.2, 0.25) is 17.6 Å². The van der Waals surface area contributed by atoms with Crippen molar-refractivity contribution >= 4 is 33.1 Å². The Hall–Kier alpha value is -4.04. The van der Waals surface area contributed by atoms with Crippen molar-refractivity contribution in [1.82, 2.24) is 15.1 Å². The van der Waals surface area contributed by atoms with Crippen molar-refractivity contribution in [3.8, 4) is 27.7 Å². The predicted octanol–water partition coefficient (Wildman–Crippen LogP) is 5.59. The van der Waals surface area contributed by atoms with E-state index in [2.05, 4.69) is 15.5 Å².